The molecule has 0 aliphatic carbocycles. The number of rotatable bonds is 19. The summed E-state index contributed by atoms with van der Waals surface area (Å²) in [4.78, 5) is 52.6. The van der Waals surface area contributed by atoms with Crippen molar-refractivity contribution in [1.29, 1.82) is 0 Å². The van der Waals surface area contributed by atoms with E-state index in [4.69, 9.17) is 28.4 Å². The molecule has 0 bridgehead atoms. The lowest BCUT2D eigenvalue weighted by Gasteiger charge is -2.31. The smallest absolute Gasteiger partial charge is 0.416 e. The van der Waals surface area contributed by atoms with E-state index in [1.54, 1.807) is 0 Å². The van der Waals surface area contributed by atoms with Crippen LogP contribution in [0, 0.1) is 0 Å². The third kappa shape index (κ3) is 12.4. The van der Waals surface area contributed by atoms with Crippen molar-refractivity contribution < 1.29 is 73.9 Å². The van der Waals surface area contributed by atoms with Gasteiger partial charge in [0.25, 0.3) is 0 Å². The summed E-state index contributed by atoms with van der Waals surface area (Å²) in [6, 6.07) is 2.25. The van der Waals surface area contributed by atoms with E-state index in [-0.39, 0.29) is 37.8 Å². The normalized spacial score (nSPS) is 12.6. The first-order valence-electron chi connectivity index (χ1n) is 16.2. The van der Waals surface area contributed by atoms with Crippen LogP contribution >= 0.6 is 0 Å². The van der Waals surface area contributed by atoms with Gasteiger partial charge in [-0.2, -0.15) is 26.3 Å². The van der Waals surface area contributed by atoms with Crippen LogP contribution in [0.15, 0.2) is 36.4 Å². The predicted molar refractivity (Wildman–Crippen MR) is 174 cm³/mol. The van der Waals surface area contributed by atoms with E-state index in [1.165, 1.54) is 41.5 Å². The Kier molecular flexibility index (Phi) is 16.3. The molecule has 0 spiro atoms. The first-order chi connectivity index (χ1) is 24.4. The molecule has 2 unspecified atom stereocenters. The fourth-order valence-corrected chi connectivity index (χ4v) is 4.72. The van der Waals surface area contributed by atoms with Gasteiger partial charge in [0.15, 0.2) is 0 Å². The van der Waals surface area contributed by atoms with Gasteiger partial charge in [-0.25, -0.2) is 9.59 Å². The van der Waals surface area contributed by atoms with Gasteiger partial charge in [0, 0.05) is 0 Å². The van der Waals surface area contributed by atoms with Crippen LogP contribution in [0.2, 0.25) is 0 Å². The molecule has 290 valence electrons. The van der Waals surface area contributed by atoms with Crippen molar-refractivity contribution in [2.45, 2.75) is 66.0 Å². The van der Waals surface area contributed by atoms with E-state index in [9.17, 15) is 45.5 Å². The summed E-state index contributed by atoms with van der Waals surface area (Å²) in [7, 11) is 0. The van der Waals surface area contributed by atoms with Crippen molar-refractivity contribution in [2.24, 2.45) is 0 Å². The number of halogens is 6. The second-order valence-corrected chi connectivity index (χ2v) is 10.8. The predicted octanol–water partition coefficient (Wildman–Crippen LogP) is 5.82. The molecule has 12 nitrogen and oxygen atoms in total. The van der Waals surface area contributed by atoms with Crippen LogP contribution in [0.25, 0.3) is 0 Å². The summed E-state index contributed by atoms with van der Waals surface area (Å²) in [6.45, 7) is 6.42. The standard InChI is InChI=1S/C34H42F6N2O10/c1-7-47-29(43)19-41(21(5)31(45)49-9-3)25-13-11-23(33(35,36)37)17-27(25)51-15-16-52-28-18-24(34(38,39)40)12-14-26(28)42(20-30(44)48-8-2)22(6)32(46)50-10-4/h11-14,17-18,21-22H,7-10,15-16,19-20H2,1-6H3. The summed E-state index contributed by atoms with van der Waals surface area (Å²) in [5.41, 5.74) is -2.56. The minimum Gasteiger partial charge on any atom is -0.488 e. The van der Waals surface area contributed by atoms with Crippen molar-refractivity contribution in [2.75, 3.05) is 62.5 Å². The maximum absolute atomic E-state index is 13.8. The van der Waals surface area contributed by atoms with Gasteiger partial charge >= 0.3 is 36.2 Å². The number of carbonyl (C=O) groups is 4. The van der Waals surface area contributed by atoms with Crippen molar-refractivity contribution in [3.05, 3.63) is 47.5 Å². The Morgan fingerprint density at radius 3 is 1.19 bits per heavy atom. The molecule has 2 aromatic rings. The molecule has 0 heterocycles. The SMILES string of the molecule is CCOC(=O)CN(c1ccc(C(F)(F)F)cc1OCCOc1cc(C(F)(F)F)ccc1N(CC(=O)OCC)C(C)C(=O)OCC)C(C)C(=O)OCC. The Morgan fingerprint density at radius 2 is 0.904 bits per heavy atom. The molecular formula is C34H42F6N2O10. The van der Waals surface area contributed by atoms with Gasteiger partial charge in [-0.3, -0.25) is 9.59 Å². The van der Waals surface area contributed by atoms with Gasteiger partial charge in [0.05, 0.1) is 48.9 Å². The topological polar surface area (TPSA) is 130 Å². The van der Waals surface area contributed by atoms with Gasteiger partial charge in [-0.15, -0.1) is 0 Å². The molecule has 0 N–H and O–H groups in total. The fourth-order valence-electron chi connectivity index (χ4n) is 4.72. The van der Waals surface area contributed by atoms with Crippen LogP contribution in [0.3, 0.4) is 0 Å². The zero-order chi connectivity index (χ0) is 39.2. The van der Waals surface area contributed by atoms with Gasteiger partial charge in [0.2, 0.25) is 0 Å². The molecule has 0 amide bonds. The molecule has 2 rings (SSSR count). The lowest BCUT2D eigenvalue weighted by Crippen LogP contribution is -2.44. The molecular weight excluding hydrogens is 710 g/mol. The van der Waals surface area contributed by atoms with Gasteiger partial charge in [-0.05, 0) is 77.9 Å². The maximum Gasteiger partial charge on any atom is 0.416 e. The highest BCUT2D eigenvalue weighted by Crippen LogP contribution is 2.39. The number of anilines is 2. The number of benzene rings is 2. The molecule has 52 heavy (non-hydrogen) atoms. The molecule has 18 heteroatoms. The van der Waals surface area contributed by atoms with Crippen LogP contribution < -0.4 is 19.3 Å². The molecule has 0 saturated heterocycles. The Bertz CT molecular complexity index is 1410. The van der Waals surface area contributed by atoms with Crippen LogP contribution in [-0.4, -0.2) is 88.7 Å². The highest BCUT2D eigenvalue weighted by atomic mass is 19.4. The summed E-state index contributed by atoms with van der Waals surface area (Å²) in [5.74, 6) is -4.14. The quantitative estimate of drug-likeness (QED) is 0.0742. The van der Waals surface area contributed by atoms with Crippen molar-refractivity contribution in [3.63, 3.8) is 0 Å². The first-order valence-corrected chi connectivity index (χ1v) is 16.2. The van der Waals surface area contributed by atoms with E-state index >= 15 is 0 Å². The third-order valence-corrected chi connectivity index (χ3v) is 7.19. The molecule has 0 aromatic heterocycles. The molecule has 2 aromatic carbocycles. The monoisotopic (exact) mass is 752 g/mol. The number of esters is 4. The molecule has 0 radical (unpaired) electrons. The van der Waals surface area contributed by atoms with Gasteiger partial charge in [0.1, 0.15) is 49.9 Å². The second-order valence-electron chi connectivity index (χ2n) is 10.8. The molecule has 0 aliphatic heterocycles. The minimum absolute atomic E-state index is 0.0263. The average molecular weight is 753 g/mol. The van der Waals surface area contributed by atoms with Gasteiger partial charge in [-0.1, -0.05) is 0 Å². The van der Waals surface area contributed by atoms with E-state index in [0.717, 1.165) is 21.9 Å². The Morgan fingerprint density at radius 1 is 0.577 bits per heavy atom. The van der Waals surface area contributed by atoms with Crippen LogP contribution in [0.4, 0.5) is 37.7 Å². The number of ether oxygens (including phenoxy) is 6. The number of alkyl halides is 6. The van der Waals surface area contributed by atoms with Crippen LogP contribution in [-0.2, 0) is 50.5 Å². The van der Waals surface area contributed by atoms with Crippen molar-refractivity contribution in [3.8, 4) is 11.5 Å². The zero-order valence-electron chi connectivity index (χ0n) is 29.5. The minimum atomic E-state index is -4.84. The van der Waals surface area contributed by atoms with Crippen molar-refractivity contribution in [1.82, 2.24) is 0 Å². The summed E-state index contributed by atoms with van der Waals surface area (Å²) >= 11 is 0. The Hall–Kier alpha value is -4.90. The lowest BCUT2D eigenvalue weighted by atomic mass is 10.1. The lowest BCUT2D eigenvalue weighted by molar-refractivity contribution is -0.146. The van der Waals surface area contributed by atoms with E-state index in [0.29, 0.717) is 24.3 Å². The van der Waals surface area contributed by atoms with Crippen LogP contribution in [0.1, 0.15) is 52.7 Å². The molecule has 0 saturated carbocycles. The molecule has 0 fully saturated rings. The average Bonchev–Trinajstić information content (AvgIpc) is 3.07. The van der Waals surface area contributed by atoms with E-state index in [2.05, 4.69) is 0 Å². The van der Waals surface area contributed by atoms with E-state index in [1.807, 2.05) is 0 Å². The second kappa shape index (κ2) is 19.6. The largest absolute Gasteiger partial charge is 0.488 e. The first kappa shape index (κ1) is 43.3. The van der Waals surface area contributed by atoms with Gasteiger partial charge < -0.3 is 38.2 Å². The van der Waals surface area contributed by atoms with E-state index < -0.39 is 97.2 Å². The maximum atomic E-state index is 13.8. The van der Waals surface area contributed by atoms with Crippen LogP contribution in [0.5, 0.6) is 11.5 Å². The number of hydrogen-bond donors (Lipinski definition) is 0. The summed E-state index contributed by atoms with van der Waals surface area (Å²) < 4.78 is 114. The Balaban J connectivity index is 2.55. The third-order valence-electron chi connectivity index (χ3n) is 7.19. The summed E-state index contributed by atoms with van der Waals surface area (Å²) in [6.07, 6.45) is -9.67. The highest BCUT2D eigenvalue weighted by Gasteiger charge is 2.35. The number of hydrogen-bond acceptors (Lipinski definition) is 12. The van der Waals surface area contributed by atoms with Crippen molar-refractivity contribution >= 4 is 35.3 Å². The fraction of sp³-hybridized carbons (Fsp3) is 0.529. The molecule has 0 aliphatic rings. The zero-order valence-corrected chi connectivity index (χ0v) is 29.5. The molecule has 2 atom stereocenters. The highest BCUT2D eigenvalue weighted by molar-refractivity contribution is 5.86. The Labute approximate surface area is 296 Å². The summed E-state index contributed by atoms with van der Waals surface area (Å²) in [5, 5.41) is 0. The number of carbonyl (C=O) groups excluding carboxylic acids is 4. The number of nitrogens with zero attached hydrogens (tertiary/aromatic N) is 2.